The van der Waals surface area contributed by atoms with E-state index in [4.69, 9.17) is 4.42 Å². The van der Waals surface area contributed by atoms with Gasteiger partial charge in [0.1, 0.15) is 5.76 Å². The molecule has 0 bridgehead atoms. The molecule has 0 saturated carbocycles. The number of aromatic nitrogens is 1. The van der Waals surface area contributed by atoms with E-state index in [0.717, 1.165) is 30.6 Å². The quantitative estimate of drug-likeness (QED) is 0.692. The largest absolute Gasteiger partial charge is 0.429 e. The summed E-state index contributed by atoms with van der Waals surface area (Å²) in [6, 6.07) is 0.745. The minimum Gasteiger partial charge on any atom is -0.429 e. The molecule has 1 aromatic rings. The molecule has 0 atom stereocenters. The lowest BCUT2D eigenvalue weighted by Gasteiger charge is -2.14. The summed E-state index contributed by atoms with van der Waals surface area (Å²) in [5.74, 6) is 0.914. The fraction of sp³-hybridized carbons (Fsp3) is 0.667. The second kappa shape index (κ2) is 3.61. The van der Waals surface area contributed by atoms with Gasteiger partial charge in [-0.1, -0.05) is 0 Å². The maximum Gasteiger partial charge on any atom is 0.297 e. The normalized spacial score (nSPS) is 10.3. The van der Waals surface area contributed by atoms with E-state index < -0.39 is 0 Å². The maximum atomic E-state index is 5.47. The van der Waals surface area contributed by atoms with Crippen LogP contribution in [-0.2, 0) is 0 Å². The second-order valence-electron chi connectivity index (χ2n) is 2.81. The number of nitrogens with zero attached hydrogens (tertiary/aromatic N) is 2. The molecule has 0 fully saturated rings. The molecule has 0 amide bonds. The average molecular weight is 168 g/mol. The van der Waals surface area contributed by atoms with Crippen LogP contribution in [0.2, 0.25) is 0 Å². The van der Waals surface area contributed by atoms with Crippen LogP contribution in [0.1, 0.15) is 25.3 Å². The van der Waals surface area contributed by atoms with E-state index in [0.29, 0.717) is 0 Å². The molecule has 0 unspecified atom stereocenters. The van der Waals surface area contributed by atoms with E-state index in [1.807, 2.05) is 13.8 Å². The highest BCUT2D eigenvalue weighted by molar-refractivity contribution is 5.28. The fourth-order valence-electron chi connectivity index (χ4n) is 1.09. The van der Waals surface area contributed by atoms with Gasteiger partial charge in [-0.3, -0.25) is 0 Å². The summed E-state index contributed by atoms with van der Waals surface area (Å²) < 4.78 is 5.47. The Kier molecular flexibility index (Phi) is 2.74. The van der Waals surface area contributed by atoms with Crippen molar-refractivity contribution in [2.45, 2.75) is 27.7 Å². The average Bonchev–Trinajstić information content (AvgIpc) is 2.35. The lowest BCUT2D eigenvalue weighted by molar-refractivity contribution is 0.513. The molecular weight excluding hydrogens is 152 g/mol. The molecule has 0 spiro atoms. The van der Waals surface area contributed by atoms with E-state index in [2.05, 4.69) is 23.7 Å². The molecule has 0 aliphatic rings. The number of oxazole rings is 1. The third-order valence-electron chi connectivity index (χ3n) is 2.05. The number of hydrogen-bond acceptors (Lipinski definition) is 3. The predicted octanol–water partition coefficient (Wildman–Crippen LogP) is 2.14. The minimum absolute atomic E-state index is 0.745. The van der Waals surface area contributed by atoms with Crippen LogP contribution >= 0.6 is 0 Å². The minimum atomic E-state index is 0.745. The van der Waals surface area contributed by atoms with Crippen LogP contribution in [0.3, 0.4) is 0 Å². The van der Waals surface area contributed by atoms with Crippen molar-refractivity contribution in [1.82, 2.24) is 4.98 Å². The summed E-state index contributed by atoms with van der Waals surface area (Å²) in [6.07, 6.45) is 0. The first-order chi connectivity index (χ1) is 5.69. The number of aryl methyl sites for hydroxylation is 2. The van der Waals surface area contributed by atoms with Crippen molar-refractivity contribution in [1.29, 1.82) is 0 Å². The summed E-state index contributed by atoms with van der Waals surface area (Å²) in [7, 11) is 0. The van der Waals surface area contributed by atoms with Crippen molar-refractivity contribution < 1.29 is 4.42 Å². The highest BCUT2D eigenvalue weighted by Crippen LogP contribution is 2.16. The van der Waals surface area contributed by atoms with Crippen LogP contribution in [-0.4, -0.2) is 18.1 Å². The van der Waals surface area contributed by atoms with Gasteiger partial charge in [-0.2, -0.15) is 4.98 Å². The van der Waals surface area contributed by atoms with Gasteiger partial charge in [-0.05, 0) is 27.7 Å². The molecule has 0 aliphatic heterocycles. The lowest BCUT2D eigenvalue weighted by Crippen LogP contribution is -2.21. The van der Waals surface area contributed by atoms with Gasteiger partial charge in [0.15, 0.2) is 0 Å². The van der Waals surface area contributed by atoms with E-state index >= 15 is 0 Å². The third kappa shape index (κ3) is 1.60. The Labute approximate surface area is 73.4 Å². The van der Waals surface area contributed by atoms with Crippen molar-refractivity contribution in [3.63, 3.8) is 0 Å². The van der Waals surface area contributed by atoms with E-state index in [1.54, 1.807) is 0 Å². The molecule has 3 nitrogen and oxygen atoms in total. The summed E-state index contributed by atoms with van der Waals surface area (Å²) in [5.41, 5.74) is 0.983. The molecule has 12 heavy (non-hydrogen) atoms. The second-order valence-corrected chi connectivity index (χ2v) is 2.81. The Balaban J connectivity index is 2.86. The van der Waals surface area contributed by atoms with Crippen LogP contribution in [0.25, 0.3) is 0 Å². The Morgan fingerprint density at radius 2 is 1.83 bits per heavy atom. The summed E-state index contributed by atoms with van der Waals surface area (Å²) in [5, 5.41) is 0. The number of anilines is 1. The molecule has 1 rings (SSSR count). The van der Waals surface area contributed by atoms with Crippen LogP contribution in [0.5, 0.6) is 0 Å². The van der Waals surface area contributed by atoms with Crippen molar-refractivity contribution in [3.8, 4) is 0 Å². The molecular formula is C9H16N2O. The Morgan fingerprint density at radius 1 is 1.25 bits per heavy atom. The maximum absolute atomic E-state index is 5.47. The molecule has 1 heterocycles. The monoisotopic (exact) mass is 168 g/mol. The van der Waals surface area contributed by atoms with Crippen LogP contribution < -0.4 is 4.90 Å². The fourth-order valence-corrected chi connectivity index (χ4v) is 1.09. The van der Waals surface area contributed by atoms with E-state index in [1.165, 1.54) is 0 Å². The Hall–Kier alpha value is -0.990. The highest BCUT2D eigenvalue weighted by Gasteiger charge is 2.09. The summed E-state index contributed by atoms with van der Waals surface area (Å²) in [4.78, 5) is 6.41. The summed E-state index contributed by atoms with van der Waals surface area (Å²) >= 11 is 0. The van der Waals surface area contributed by atoms with Gasteiger partial charge in [0.2, 0.25) is 0 Å². The first kappa shape index (κ1) is 9.10. The lowest BCUT2D eigenvalue weighted by atomic mass is 10.4. The first-order valence-corrected chi connectivity index (χ1v) is 4.38. The standard InChI is InChI=1S/C9H16N2O/c1-5-11(6-2)9-10-7(3)8(4)12-9/h5-6H2,1-4H3. The van der Waals surface area contributed by atoms with Gasteiger partial charge in [0, 0.05) is 13.1 Å². The van der Waals surface area contributed by atoms with Gasteiger partial charge >= 0.3 is 0 Å². The first-order valence-electron chi connectivity index (χ1n) is 4.38. The van der Waals surface area contributed by atoms with E-state index in [-0.39, 0.29) is 0 Å². The molecule has 0 radical (unpaired) electrons. The van der Waals surface area contributed by atoms with Gasteiger partial charge in [-0.25, -0.2) is 0 Å². The smallest absolute Gasteiger partial charge is 0.297 e. The van der Waals surface area contributed by atoms with Crippen LogP contribution in [0, 0.1) is 13.8 Å². The third-order valence-corrected chi connectivity index (χ3v) is 2.05. The highest BCUT2D eigenvalue weighted by atomic mass is 16.4. The van der Waals surface area contributed by atoms with Crippen molar-refractivity contribution >= 4 is 6.01 Å². The SMILES string of the molecule is CCN(CC)c1nc(C)c(C)o1. The topological polar surface area (TPSA) is 29.3 Å². The predicted molar refractivity (Wildman–Crippen MR) is 49.5 cm³/mol. The van der Waals surface area contributed by atoms with Gasteiger partial charge in [-0.15, -0.1) is 0 Å². The number of hydrogen-bond donors (Lipinski definition) is 0. The van der Waals surface area contributed by atoms with E-state index in [9.17, 15) is 0 Å². The zero-order valence-electron chi connectivity index (χ0n) is 8.22. The van der Waals surface area contributed by atoms with Crippen molar-refractivity contribution in [3.05, 3.63) is 11.5 Å². The van der Waals surface area contributed by atoms with Crippen molar-refractivity contribution in [2.75, 3.05) is 18.0 Å². The summed E-state index contributed by atoms with van der Waals surface area (Å²) in [6.45, 7) is 9.98. The molecule has 1 aromatic heterocycles. The Morgan fingerprint density at radius 3 is 2.17 bits per heavy atom. The molecule has 3 heteroatoms. The Bertz CT molecular complexity index is 232. The zero-order chi connectivity index (χ0) is 9.14. The van der Waals surface area contributed by atoms with Crippen molar-refractivity contribution in [2.24, 2.45) is 0 Å². The molecule has 0 N–H and O–H groups in total. The van der Waals surface area contributed by atoms with Gasteiger partial charge in [0.25, 0.3) is 6.01 Å². The van der Waals surface area contributed by atoms with Crippen LogP contribution in [0.15, 0.2) is 4.42 Å². The molecule has 0 saturated heterocycles. The molecule has 0 aromatic carbocycles. The van der Waals surface area contributed by atoms with Gasteiger partial charge < -0.3 is 9.32 Å². The van der Waals surface area contributed by atoms with Gasteiger partial charge in [0.05, 0.1) is 5.69 Å². The molecule has 68 valence electrons. The molecule has 0 aliphatic carbocycles. The number of rotatable bonds is 3. The van der Waals surface area contributed by atoms with Crippen LogP contribution in [0.4, 0.5) is 6.01 Å². The zero-order valence-corrected chi connectivity index (χ0v) is 8.22.